The van der Waals surface area contributed by atoms with E-state index in [1.807, 2.05) is 42.5 Å². The second-order valence-corrected chi connectivity index (χ2v) is 4.88. The third-order valence-electron chi connectivity index (χ3n) is 3.50. The molecule has 0 bridgehead atoms. The van der Waals surface area contributed by atoms with Crippen LogP contribution in [0.25, 0.3) is 0 Å². The molecule has 0 atom stereocenters. The number of carbonyl (C=O) groups is 1. The van der Waals surface area contributed by atoms with Gasteiger partial charge in [0.2, 0.25) is 0 Å². The number of aliphatic hydroxyl groups excluding tert-OH is 1. The fraction of sp³-hybridized carbons (Fsp3) is 0.188. The van der Waals surface area contributed by atoms with E-state index in [0.717, 1.165) is 27.9 Å². The highest BCUT2D eigenvalue weighted by atomic mass is 16.3. The van der Waals surface area contributed by atoms with Crippen LogP contribution in [0.4, 0.5) is 5.69 Å². The van der Waals surface area contributed by atoms with E-state index in [-0.39, 0.29) is 12.5 Å². The van der Waals surface area contributed by atoms with Gasteiger partial charge in [-0.05, 0) is 28.8 Å². The van der Waals surface area contributed by atoms with Gasteiger partial charge in [-0.2, -0.15) is 0 Å². The number of amides is 1. The number of benzene rings is 2. The molecular weight excluding hydrogens is 252 g/mol. The Morgan fingerprint density at radius 2 is 1.85 bits per heavy atom. The molecule has 3 rings (SSSR count). The number of fused-ring (bicyclic) bond motifs is 1. The molecule has 1 aliphatic heterocycles. The number of aliphatic hydroxyl groups is 1. The molecule has 0 aliphatic carbocycles. The lowest BCUT2D eigenvalue weighted by molar-refractivity contribution is 0.0966. The Labute approximate surface area is 117 Å². The van der Waals surface area contributed by atoms with Gasteiger partial charge in [-0.25, -0.2) is 0 Å². The van der Waals surface area contributed by atoms with E-state index >= 15 is 0 Å². The van der Waals surface area contributed by atoms with Crippen LogP contribution in [-0.4, -0.2) is 11.0 Å². The van der Waals surface area contributed by atoms with E-state index in [1.54, 1.807) is 0 Å². The van der Waals surface area contributed by atoms with Crippen molar-refractivity contribution in [2.45, 2.75) is 19.7 Å². The summed E-state index contributed by atoms with van der Waals surface area (Å²) in [5, 5.41) is 15.1. The van der Waals surface area contributed by atoms with Crippen LogP contribution in [0, 0.1) is 0 Å². The average Bonchev–Trinajstić information content (AvgIpc) is 2.87. The largest absolute Gasteiger partial charge is 0.392 e. The molecule has 102 valence electrons. The predicted molar refractivity (Wildman–Crippen MR) is 77.3 cm³/mol. The summed E-state index contributed by atoms with van der Waals surface area (Å²) in [5.41, 5.74) is 4.78. The number of nitrogens with one attached hydrogen (secondary N) is 2. The van der Waals surface area contributed by atoms with Gasteiger partial charge in [-0.15, -0.1) is 0 Å². The molecule has 0 radical (unpaired) electrons. The highest BCUT2D eigenvalue weighted by Crippen LogP contribution is 2.20. The van der Waals surface area contributed by atoms with Gasteiger partial charge in [0.25, 0.3) is 5.91 Å². The summed E-state index contributed by atoms with van der Waals surface area (Å²) in [6.07, 6.45) is 0. The summed E-state index contributed by atoms with van der Waals surface area (Å²) in [7, 11) is 0. The van der Waals surface area contributed by atoms with Crippen molar-refractivity contribution in [2.24, 2.45) is 0 Å². The topological polar surface area (TPSA) is 61.4 Å². The first-order valence-corrected chi connectivity index (χ1v) is 6.60. The number of hydrogen-bond donors (Lipinski definition) is 3. The molecule has 0 fully saturated rings. The maximum Gasteiger partial charge on any atom is 0.251 e. The first-order chi connectivity index (χ1) is 9.76. The van der Waals surface area contributed by atoms with Crippen LogP contribution >= 0.6 is 0 Å². The van der Waals surface area contributed by atoms with Gasteiger partial charge in [0.1, 0.15) is 0 Å². The van der Waals surface area contributed by atoms with Crippen molar-refractivity contribution in [2.75, 3.05) is 5.32 Å². The summed E-state index contributed by atoms with van der Waals surface area (Å²) in [6, 6.07) is 13.6. The third-order valence-corrected chi connectivity index (χ3v) is 3.50. The van der Waals surface area contributed by atoms with Crippen LogP contribution < -0.4 is 10.6 Å². The Morgan fingerprint density at radius 1 is 1.10 bits per heavy atom. The molecule has 0 spiro atoms. The lowest BCUT2D eigenvalue weighted by Gasteiger charge is -2.08. The number of carbonyl (C=O) groups excluding carboxylic acids is 1. The van der Waals surface area contributed by atoms with Gasteiger partial charge < -0.3 is 15.7 Å². The Hall–Kier alpha value is -2.33. The summed E-state index contributed by atoms with van der Waals surface area (Å²) in [5.74, 6) is -0.00375. The van der Waals surface area contributed by atoms with Crippen molar-refractivity contribution < 1.29 is 9.90 Å². The fourth-order valence-corrected chi connectivity index (χ4v) is 2.29. The number of anilines is 1. The second kappa shape index (κ2) is 5.35. The highest BCUT2D eigenvalue weighted by molar-refractivity contribution is 5.99. The van der Waals surface area contributed by atoms with Gasteiger partial charge in [0.15, 0.2) is 0 Å². The van der Waals surface area contributed by atoms with E-state index in [2.05, 4.69) is 10.6 Å². The molecular formula is C16H16N2O2. The number of hydrogen-bond acceptors (Lipinski definition) is 3. The summed E-state index contributed by atoms with van der Waals surface area (Å²) < 4.78 is 0. The van der Waals surface area contributed by atoms with Gasteiger partial charge in [0.05, 0.1) is 6.61 Å². The highest BCUT2D eigenvalue weighted by Gasteiger charge is 2.18. The minimum Gasteiger partial charge on any atom is -0.392 e. The van der Waals surface area contributed by atoms with Crippen molar-refractivity contribution in [3.63, 3.8) is 0 Å². The Balaban J connectivity index is 1.69. The third kappa shape index (κ3) is 2.51. The van der Waals surface area contributed by atoms with Crippen LogP contribution in [0.1, 0.15) is 27.0 Å². The van der Waals surface area contributed by atoms with Gasteiger partial charge in [-0.3, -0.25) is 4.79 Å². The van der Waals surface area contributed by atoms with Gasteiger partial charge in [0, 0.05) is 24.3 Å². The van der Waals surface area contributed by atoms with Crippen molar-refractivity contribution in [1.82, 2.24) is 5.32 Å². The SMILES string of the molecule is O=C1NCc2ccc(NCc3ccc(CO)cc3)cc21. The molecule has 0 saturated heterocycles. The lowest BCUT2D eigenvalue weighted by Crippen LogP contribution is -2.12. The van der Waals surface area contributed by atoms with E-state index in [9.17, 15) is 4.79 Å². The molecule has 1 aliphatic rings. The monoisotopic (exact) mass is 268 g/mol. The van der Waals surface area contributed by atoms with Crippen LogP contribution in [-0.2, 0) is 19.7 Å². The van der Waals surface area contributed by atoms with E-state index < -0.39 is 0 Å². The molecule has 4 nitrogen and oxygen atoms in total. The molecule has 4 heteroatoms. The number of rotatable bonds is 4. The van der Waals surface area contributed by atoms with Crippen LogP contribution in [0.2, 0.25) is 0 Å². The van der Waals surface area contributed by atoms with Gasteiger partial charge >= 0.3 is 0 Å². The first-order valence-electron chi connectivity index (χ1n) is 6.60. The normalized spacial score (nSPS) is 12.9. The minimum atomic E-state index is -0.00375. The maximum absolute atomic E-state index is 11.6. The Morgan fingerprint density at radius 3 is 2.60 bits per heavy atom. The first kappa shape index (κ1) is 12.7. The molecule has 2 aromatic rings. The van der Waals surface area contributed by atoms with Crippen molar-refractivity contribution in [3.8, 4) is 0 Å². The van der Waals surface area contributed by atoms with Crippen molar-refractivity contribution in [3.05, 3.63) is 64.7 Å². The molecule has 20 heavy (non-hydrogen) atoms. The fourth-order valence-electron chi connectivity index (χ4n) is 2.29. The second-order valence-electron chi connectivity index (χ2n) is 4.88. The van der Waals surface area contributed by atoms with E-state index in [1.165, 1.54) is 0 Å². The van der Waals surface area contributed by atoms with Crippen molar-refractivity contribution >= 4 is 11.6 Å². The Kier molecular flexibility index (Phi) is 3.39. The molecule has 2 aromatic carbocycles. The van der Waals surface area contributed by atoms with E-state index in [4.69, 9.17) is 5.11 Å². The average molecular weight is 268 g/mol. The smallest absolute Gasteiger partial charge is 0.251 e. The zero-order chi connectivity index (χ0) is 13.9. The molecule has 0 unspecified atom stereocenters. The molecule has 0 saturated carbocycles. The van der Waals surface area contributed by atoms with Crippen LogP contribution in [0.5, 0.6) is 0 Å². The van der Waals surface area contributed by atoms with Crippen LogP contribution in [0.15, 0.2) is 42.5 Å². The summed E-state index contributed by atoms with van der Waals surface area (Å²) in [6.45, 7) is 1.37. The van der Waals surface area contributed by atoms with Crippen molar-refractivity contribution in [1.29, 1.82) is 0 Å². The summed E-state index contributed by atoms with van der Waals surface area (Å²) in [4.78, 5) is 11.6. The molecule has 3 N–H and O–H groups in total. The predicted octanol–water partition coefficient (Wildman–Crippen LogP) is 2.03. The van der Waals surface area contributed by atoms with Gasteiger partial charge in [-0.1, -0.05) is 30.3 Å². The zero-order valence-electron chi connectivity index (χ0n) is 11.0. The van der Waals surface area contributed by atoms with E-state index in [0.29, 0.717) is 13.1 Å². The quantitative estimate of drug-likeness (QED) is 0.795. The maximum atomic E-state index is 11.6. The molecule has 0 aromatic heterocycles. The lowest BCUT2D eigenvalue weighted by atomic mass is 10.1. The standard InChI is InChI=1S/C16H16N2O2/c19-10-12-3-1-11(2-4-12)8-17-14-6-5-13-9-18-16(20)15(13)7-14/h1-7,17,19H,8-10H2,(H,18,20). The summed E-state index contributed by atoms with van der Waals surface area (Å²) >= 11 is 0. The molecule has 1 amide bonds. The zero-order valence-corrected chi connectivity index (χ0v) is 11.0. The molecule has 1 heterocycles. The van der Waals surface area contributed by atoms with Crippen LogP contribution in [0.3, 0.4) is 0 Å². The minimum absolute atomic E-state index is 0.00375. The Bertz CT molecular complexity index is 635.